The molecule has 5 rings (SSSR count). The Morgan fingerprint density at radius 3 is 2.33 bits per heavy atom. The molecule has 0 aliphatic carbocycles. The second kappa shape index (κ2) is 14.8. The molecule has 2 amide bonds. The highest BCUT2D eigenvalue weighted by atomic mass is 35.5. The van der Waals surface area contributed by atoms with Gasteiger partial charge >= 0.3 is 11.9 Å². The molecule has 0 radical (unpaired) electrons. The number of aliphatic carboxylic acids is 1. The van der Waals surface area contributed by atoms with Crippen LogP contribution in [0.1, 0.15) is 47.2 Å². The number of halogens is 1. The molecule has 46 heavy (non-hydrogen) atoms. The molecule has 236 valence electrons. The fourth-order valence-corrected chi connectivity index (χ4v) is 5.67. The maximum atomic E-state index is 13.7. The number of carbonyl (C=O) groups excluding carboxylic acids is 3. The first-order valence-corrected chi connectivity index (χ1v) is 15.4. The standard InChI is InChI=1S/C36H34ClN3O6/c37-27-16-13-23(14-17-27)21-40-22-30(29-8-3-4-10-32(29)40)35(44)39-31(9-5-11-34(42)43)36(45)46-28(20-33(38)41)19-24-12-15-25-6-1-2-7-26(25)18-24/h1-4,6-8,10,12-18,22,28,31H,5,9,11,19-21H2,(H2,38,41)(H,39,44)(H,42,43)/t28-,31-/m0/s1. The number of hydrogen-bond acceptors (Lipinski definition) is 5. The monoisotopic (exact) mass is 639 g/mol. The number of carboxylic acids is 1. The number of nitrogens with two attached hydrogens (primary N) is 1. The van der Waals surface area contributed by atoms with Crippen LogP contribution in [0.25, 0.3) is 21.7 Å². The molecule has 0 fully saturated rings. The Morgan fingerprint density at radius 1 is 0.891 bits per heavy atom. The molecule has 0 spiro atoms. The van der Waals surface area contributed by atoms with Gasteiger partial charge in [-0.05, 0) is 52.9 Å². The number of benzene rings is 4. The van der Waals surface area contributed by atoms with E-state index in [9.17, 15) is 24.3 Å². The van der Waals surface area contributed by atoms with E-state index in [1.165, 1.54) is 0 Å². The third kappa shape index (κ3) is 8.31. The van der Waals surface area contributed by atoms with E-state index in [0.717, 1.165) is 27.4 Å². The lowest BCUT2D eigenvalue weighted by Crippen LogP contribution is -2.43. The van der Waals surface area contributed by atoms with Gasteiger partial charge in [0.25, 0.3) is 5.91 Å². The molecule has 4 N–H and O–H groups in total. The van der Waals surface area contributed by atoms with Crippen LogP contribution >= 0.6 is 11.6 Å². The molecule has 1 heterocycles. The predicted molar refractivity (Wildman–Crippen MR) is 177 cm³/mol. The molecule has 4 aromatic carbocycles. The maximum Gasteiger partial charge on any atom is 0.328 e. The normalized spacial score (nSPS) is 12.5. The van der Waals surface area contributed by atoms with E-state index in [4.69, 9.17) is 22.1 Å². The second-order valence-corrected chi connectivity index (χ2v) is 11.7. The second-order valence-electron chi connectivity index (χ2n) is 11.2. The van der Waals surface area contributed by atoms with Crippen LogP contribution in [-0.4, -0.2) is 45.6 Å². The molecule has 10 heteroatoms. The Morgan fingerprint density at radius 2 is 1.59 bits per heavy atom. The molecule has 0 bridgehead atoms. The van der Waals surface area contributed by atoms with Gasteiger partial charge in [0.15, 0.2) is 0 Å². The molecule has 2 atom stereocenters. The van der Waals surface area contributed by atoms with Gasteiger partial charge < -0.3 is 25.5 Å². The van der Waals surface area contributed by atoms with E-state index in [1.807, 2.05) is 83.4 Å². The fraction of sp³-hybridized carbons (Fsp3) is 0.222. The third-order valence-electron chi connectivity index (χ3n) is 7.76. The minimum absolute atomic E-state index is 0.0273. The van der Waals surface area contributed by atoms with Crippen molar-refractivity contribution in [2.75, 3.05) is 0 Å². The van der Waals surface area contributed by atoms with Crippen molar-refractivity contribution in [3.63, 3.8) is 0 Å². The van der Waals surface area contributed by atoms with Crippen LogP contribution in [0.2, 0.25) is 5.02 Å². The van der Waals surface area contributed by atoms with Gasteiger partial charge in [-0.15, -0.1) is 0 Å². The summed E-state index contributed by atoms with van der Waals surface area (Å²) in [7, 11) is 0. The predicted octanol–water partition coefficient (Wildman–Crippen LogP) is 5.88. The summed E-state index contributed by atoms with van der Waals surface area (Å²) >= 11 is 6.05. The van der Waals surface area contributed by atoms with E-state index >= 15 is 0 Å². The topological polar surface area (TPSA) is 141 Å². The van der Waals surface area contributed by atoms with Crippen molar-refractivity contribution in [2.45, 2.75) is 50.8 Å². The lowest BCUT2D eigenvalue weighted by Gasteiger charge is -2.22. The number of aromatic nitrogens is 1. The summed E-state index contributed by atoms with van der Waals surface area (Å²) in [5.41, 5.74) is 8.51. The number of amides is 2. The number of rotatable bonds is 14. The van der Waals surface area contributed by atoms with Crippen molar-refractivity contribution >= 4 is 57.0 Å². The molecule has 0 saturated heterocycles. The Balaban J connectivity index is 1.36. The van der Waals surface area contributed by atoms with E-state index in [0.29, 0.717) is 22.5 Å². The molecule has 0 aliphatic heterocycles. The minimum atomic E-state index is -1.16. The number of carbonyl (C=O) groups is 4. The summed E-state index contributed by atoms with van der Waals surface area (Å²) in [6.07, 6.45) is 0.816. The lowest BCUT2D eigenvalue weighted by atomic mass is 10.0. The van der Waals surface area contributed by atoms with Gasteiger partial charge in [-0.1, -0.05) is 84.4 Å². The smallest absolute Gasteiger partial charge is 0.328 e. The van der Waals surface area contributed by atoms with Crippen LogP contribution in [-0.2, 0) is 32.1 Å². The SMILES string of the molecule is NC(=O)C[C@H](Cc1ccc2ccccc2c1)OC(=O)[C@H](CCCC(=O)O)NC(=O)c1cn(Cc2ccc(Cl)cc2)c2ccccc12. The first kappa shape index (κ1) is 32.2. The Labute approximate surface area is 270 Å². The van der Waals surface area contributed by atoms with Crippen LogP contribution in [0.3, 0.4) is 0 Å². The van der Waals surface area contributed by atoms with Crippen molar-refractivity contribution in [2.24, 2.45) is 5.73 Å². The Hall–Kier alpha value is -5.15. The maximum absolute atomic E-state index is 13.7. The zero-order valence-corrected chi connectivity index (χ0v) is 25.8. The Bertz CT molecular complexity index is 1880. The largest absolute Gasteiger partial charge is 0.481 e. The van der Waals surface area contributed by atoms with Gasteiger partial charge in [-0.2, -0.15) is 0 Å². The number of carboxylic acid groups (broad SMARTS) is 1. The van der Waals surface area contributed by atoms with Gasteiger partial charge in [-0.3, -0.25) is 14.4 Å². The number of ether oxygens (including phenoxy) is 1. The third-order valence-corrected chi connectivity index (χ3v) is 8.01. The molecule has 0 saturated carbocycles. The zero-order valence-electron chi connectivity index (χ0n) is 25.0. The molecule has 9 nitrogen and oxygen atoms in total. The number of primary amides is 1. The summed E-state index contributed by atoms with van der Waals surface area (Å²) in [4.78, 5) is 50.5. The molecule has 5 aromatic rings. The van der Waals surface area contributed by atoms with E-state index < -0.39 is 35.9 Å². The number of hydrogen-bond donors (Lipinski definition) is 3. The average molecular weight is 640 g/mol. The summed E-state index contributed by atoms with van der Waals surface area (Å²) in [6, 6.07) is 27.3. The molecular weight excluding hydrogens is 606 g/mol. The van der Waals surface area contributed by atoms with E-state index in [-0.39, 0.29) is 32.1 Å². The van der Waals surface area contributed by atoms with Crippen LogP contribution in [0.5, 0.6) is 0 Å². The highest BCUT2D eigenvalue weighted by molar-refractivity contribution is 6.30. The number of nitrogens with one attached hydrogen (secondary N) is 1. The Kier molecular flexibility index (Phi) is 10.3. The van der Waals surface area contributed by atoms with Gasteiger partial charge in [0.05, 0.1) is 12.0 Å². The van der Waals surface area contributed by atoms with Crippen molar-refractivity contribution in [1.29, 1.82) is 0 Å². The first-order chi connectivity index (χ1) is 22.2. The van der Waals surface area contributed by atoms with Gasteiger partial charge in [0, 0.05) is 41.5 Å². The average Bonchev–Trinajstić information content (AvgIpc) is 3.39. The quantitative estimate of drug-likeness (QED) is 0.130. The number of para-hydroxylation sites is 1. The van der Waals surface area contributed by atoms with Gasteiger partial charge in [0.1, 0.15) is 12.1 Å². The number of nitrogens with zero attached hydrogens (tertiary/aromatic N) is 1. The van der Waals surface area contributed by atoms with Gasteiger partial charge in [0.2, 0.25) is 5.91 Å². The van der Waals surface area contributed by atoms with Crippen LogP contribution in [0.4, 0.5) is 0 Å². The summed E-state index contributed by atoms with van der Waals surface area (Å²) in [6.45, 7) is 0.485. The first-order valence-electron chi connectivity index (χ1n) is 15.0. The van der Waals surface area contributed by atoms with Gasteiger partial charge in [-0.25, -0.2) is 4.79 Å². The molecule has 1 aromatic heterocycles. The van der Waals surface area contributed by atoms with E-state index in [2.05, 4.69) is 5.32 Å². The van der Waals surface area contributed by atoms with Crippen molar-refractivity contribution in [3.05, 3.63) is 119 Å². The summed E-state index contributed by atoms with van der Waals surface area (Å²) in [5.74, 6) is -2.94. The van der Waals surface area contributed by atoms with Crippen LogP contribution in [0.15, 0.2) is 97.2 Å². The van der Waals surface area contributed by atoms with Crippen LogP contribution in [0, 0.1) is 0 Å². The minimum Gasteiger partial charge on any atom is -0.481 e. The fourth-order valence-electron chi connectivity index (χ4n) is 5.54. The molecular formula is C36H34ClN3O6. The number of fused-ring (bicyclic) bond motifs is 2. The van der Waals surface area contributed by atoms with Crippen molar-refractivity contribution < 1.29 is 29.0 Å². The highest BCUT2D eigenvalue weighted by Crippen LogP contribution is 2.24. The summed E-state index contributed by atoms with van der Waals surface area (Å²) < 4.78 is 7.74. The number of esters is 1. The lowest BCUT2D eigenvalue weighted by molar-refractivity contribution is -0.153. The molecule has 0 unspecified atom stereocenters. The molecule has 0 aliphatic rings. The van der Waals surface area contributed by atoms with Crippen molar-refractivity contribution in [1.82, 2.24) is 9.88 Å². The highest BCUT2D eigenvalue weighted by Gasteiger charge is 2.28. The van der Waals surface area contributed by atoms with Crippen LogP contribution < -0.4 is 11.1 Å². The van der Waals surface area contributed by atoms with E-state index in [1.54, 1.807) is 18.3 Å². The van der Waals surface area contributed by atoms with Crippen molar-refractivity contribution in [3.8, 4) is 0 Å². The zero-order chi connectivity index (χ0) is 32.6. The summed E-state index contributed by atoms with van der Waals surface area (Å²) in [5, 5.41) is 15.3.